The van der Waals surface area contributed by atoms with E-state index in [-0.39, 0.29) is 35.7 Å². The van der Waals surface area contributed by atoms with Gasteiger partial charge in [0.15, 0.2) is 0 Å². The van der Waals surface area contributed by atoms with Gasteiger partial charge < -0.3 is 9.64 Å². The fourth-order valence-corrected chi connectivity index (χ4v) is 3.11. The third-order valence-corrected chi connectivity index (χ3v) is 4.51. The first-order valence-electron chi connectivity index (χ1n) is 7.69. The van der Waals surface area contributed by atoms with Crippen LogP contribution in [0.15, 0.2) is 0 Å². The van der Waals surface area contributed by atoms with Crippen LogP contribution in [0.3, 0.4) is 0 Å². The average molecular weight is 366 g/mol. The molecular formula is C16H19F5N2O2. The van der Waals surface area contributed by atoms with Crippen LogP contribution in [0.25, 0.3) is 0 Å². The van der Waals surface area contributed by atoms with Crippen molar-refractivity contribution in [3.63, 3.8) is 0 Å². The third kappa shape index (κ3) is 3.55. The first-order valence-corrected chi connectivity index (χ1v) is 7.69. The maximum absolute atomic E-state index is 13.7. The van der Waals surface area contributed by atoms with Crippen LogP contribution in [0.4, 0.5) is 27.8 Å². The first-order chi connectivity index (χ1) is 11.4. The van der Waals surface area contributed by atoms with Crippen LogP contribution < -0.4 is 4.90 Å². The standard InChI is InChI=1S/C16H19F5N2O2/c1-8-7-23(6-5-15(8,17)18)13-11(14(24)25-4)9(2)12(10(3)22-13)16(19,20)21/h8H,5-7H2,1-4H3. The molecule has 1 atom stereocenters. The van der Waals surface area contributed by atoms with Gasteiger partial charge in [-0.15, -0.1) is 0 Å². The molecule has 0 aromatic carbocycles. The van der Waals surface area contributed by atoms with Gasteiger partial charge in [0, 0.05) is 25.4 Å². The number of pyridine rings is 1. The van der Waals surface area contributed by atoms with Crippen LogP contribution in [-0.2, 0) is 10.9 Å². The second kappa shape index (κ2) is 6.42. The molecule has 0 N–H and O–H groups in total. The number of methoxy groups -OCH3 is 1. The Balaban J connectivity index is 2.61. The minimum atomic E-state index is -4.69. The zero-order valence-electron chi connectivity index (χ0n) is 14.3. The van der Waals surface area contributed by atoms with Crippen LogP contribution in [-0.4, -0.2) is 37.1 Å². The number of halogens is 5. The highest BCUT2D eigenvalue weighted by molar-refractivity contribution is 5.97. The summed E-state index contributed by atoms with van der Waals surface area (Å²) >= 11 is 0. The summed E-state index contributed by atoms with van der Waals surface area (Å²) in [6.07, 6.45) is -5.15. The van der Waals surface area contributed by atoms with Crippen LogP contribution in [0.5, 0.6) is 0 Å². The van der Waals surface area contributed by atoms with Crippen LogP contribution in [0, 0.1) is 19.8 Å². The monoisotopic (exact) mass is 366 g/mol. The van der Waals surface area contributed by atoms with Gasteiger partial charge in [-0.25, -0.2) is 18.6 Å². The predicted molar refractivity (Wildman–Crippen MR) is 81.0 cm³/mol. The highest BCUT2D eigenvalue weighted by Crippen LogP contribution is 2.40. The Kier molecular flexibility index (Phi) is 4.98. The van der Waals surface area contributed by atoms with Crippen molar-refractivity contribution in [1.29, 1.82) is 0 Å². The molecule has 2 rings (SSSR count). The summed E-state index contributed by atoms with van der Waals surface area (Å²) in [5.74, 6) is -4.90. The molecule has 9 heteroatoms. The molecule has 1 aromatic rings. The van der Waals surface area contributed by atoms with Crippen LogP contribution >= 0.6 is 0 Å². The van der Waals surface area contributed by atoms with E-state index in [1.54, 1.807) is 0 Å². The lowest BCUT2D eigenvalue weighted by molar-refractivity contribution is -0.138. The van der Waals surface area contributed by atoms with E-state index in [9.17, 15) is 26.7 Å². The molecule has 0 amide bonds. The Hall–Kier alpha value is -1.93. The first kappa shape index (κ1) is 19.4. The van der Waals surface area contributed by atoms with Gasteiger partial charge in [-0.05, 0) is 19.4 Å². The maximum atomic E-state index is 13.7. The summed E-state index contributed by atoms with van der Waals surface area (Å²) < 4.78 is 71.9. The smallest absolute Gasteiger partial charge is 0.418 e. The number of nitrogens with zero attached hydrogens (tertiary/aromatic N) is 2. The van der Waals surface area contributed by atoms with Crippen molar-refractivity contribution in [3.05, 3.63) is 22.4 Å². The van der Waals surface area contributed by atoms with Crippen molar-refractivity contribution in [2.45, 2.75) is 39.3 Å². The number of esters is 1. The highest BCUT2D eigenvalue weighted by atomic mass is 19.4. The highest BCUT2D eigenvalue weighted by Gasteiger charge is 2.43. The van der Waals surface area contributed by atoms with E-state index in [1.807, 2.05) is 0 Å². The third-order valence-electron chi connectivity index (χ3n) is 4.51. The van der Waals surface area contributed by atoms with Gasteiger partial charge in [-0.1, -0.05) is 6.92 Å². The van der Waals surface area contributed by atoms with Crippen LogP contribution in [0.2, 0.25) is 0 Å². The number of ether oxygens (including phenoxy) is 1. The van der Waals surface area contributed by atoms with E-state index >= 15 is 0 Å². The van der Waals surface area contributed by atoms with Gasteiger partial charge in [0.25, 0.3) is 5.92 Å². The number of piperidine rings is 1. The van der Waals surface area contributed by atoms with Crippen molar-refractivity contribution in [3.8, 4) is 0 Å². The molecule has 0 spiro atoms. The van der Waals surface area contributed by atoms with Gasteiger partial charge in [0.05, 0.1) is 18.4 Å². The number of aromatic nitrogens is 1. The van der Waals surface area contributed by atoms with Gasteiger partial charge in [-0.2, -0.15) is 13.2 Å². The number of hydrogen-bond acceptors (Lipinski definition) is 4. The largest absolute Gasteiger partial charge is 0.465 e. The lowest BCUT2D eigenvalue weighted by Gasteiger charge is -2.38. The molecule has 1 aromatic heterocycles. The summed E-state index contributed by atoms with van der Waals surface area (Å²) in [7, 11) is 1.05. The molecule has 0 bridgehead atoms. The SMILES string of the molecule is COC(=O)c1c(N2CCC(F)(F)C(C)C2)nc(C)c(C(F)(F)F)c1C. The van der Waals surface area contributed by atoms with Crippen molar-refractivity contribution in [2.24, 2.45) is 5.92 Å². The van der Waals surface area contributed by atoms with E-state index in [2.05, 4.69) is 9.72 Å². The number of alkyl halides is 5. The summed E-state index contributed by atoms with van der Waals surface area (Å²) in [6, 6.07) is 0. The zero-order valence-corrected chi connectivity index (χ0v) is 14.3. The average Bonchev–Trinajstić information content (AvgIpc) is 2.47. The van der Waals surface area contributed by atoms with Gasteiger partial charge in [0.2, 0.25) is 0 Å². The second-order valence-electron chi connectivity index (χ2n) is 6.24. The fraction of sp³-hybridized carbons (Fsp3) is 0.625. The van der Waals surface area contributed by atoms with E-state index < -0.39 is 36.0 Å². The lowest BCUT2D eigenvalue weighted by atomic mass is 9.94. The predicted octanol–water partition coefficient (Wildman–Crippen LogP) is 3.99. The van der Waals surface area contributed by atoms with Crippen molar-refractivity contribution < 1.29 is 31.5 Å². The molecule has 0 saturated carbocycles. The molecule has 4 nitrogen and oxygen atoms in total. The van der Waals surface area contributed by atoms with Crippen LogP contribution in [0.1, 0.15) is 40.5 Å². The van der Waals surface area contributed by atoms with Crippen molar-refractivity contribution >= 4 is 11.8 Å². The normalized spacial score (nSPS) is 20.5. The molecule has 140 valence electrons. The molecule has 1 unspecified atom stereocenters. The van der Waals surface area contributed by atoms with Gasteiger partial charge in [-0.3, -0.25) is 0 Å². The second-order valence-corrected chi connectivity index (χ2v) is 6.24. The summed E-state index contributed by atoms with van der Waals surface area (Å²) in [4.78, 5) is 17.5. The molecule has 0 aliphatic carbocycles. The van der Waals surface area contributed by atoms with E-state index in [0.29, 0.717) is 0 Å². The molecule has 1 aliphatic heterocycles. The molecular weight excluding hydrogens is 347 g/mol. The van der Waals surface area contributed by atoms with Gasteiger partial charge in [0.1, 0.15) is 11.4 Å². The Bertz CT molecular complexity index is 688. The molecule has 1 fully saturated rings. The fourth-order valence-electron chi connectivity index (χ4n) is 3.11. The quantitative estimate of drug-likeness (QED) is 0.586. The lowest BCUT2D eigenvalue weighted by Crippen LogP contribution is -2.47. The minimum absolute atomic E-state index is 0.0443. The topological polar surface area (TPSA) is 42.4 Å². The molecule has 2 heterocycles. The van der Waals surface area contributed by atoms with Crippen molar-refractivity contribution in [2.75, 3.05) is 25.1 Å². The summed E-state index contributed by atoms with van der Waals surface area (Å²) in [5, 5.41) is 0. The number of rotatable bonds is 2. The Morgan fingerprint density at radius 3 is 2.40 bits per heavy atom. The van der Waals surface area contributed by atoms with Crippen molar-refractivity contribution in [1.82, 2.24) is 4.98 Å². The Morgan fingerprint density at radius 2 is 1.92 bits per heavy atom. The Morgan fingerprint density at radius 1 is 1.32 bits per heavy atom. The summed E-state index contributed by atoms with van der Waals surface area (Å²) in [6.45, 7) is 3.47. The van der Waals surface area contributed by atoms with E-state index in [1.165, 1.54) is 18.7 Å². The minimum Gasteiger partial charge on any atom is -0.465 e. The molecule has 25 heavy (non-hydrogen) atoms. The number of anilines is 1. The van der Waals surface area contributed by atoms with Gasteiger partial charge >= 0.3 is 12.1 Å². The summed E-state index contributed by atoms with van der Waals surface area (Å²) in [5.41, 5.74) is -1.96. The number of aryl methyl sites for hydroxylation is 1. The molecule has 1 saturated heterocycles. The Labute approximate surface area is 142 Å². The van der Waals surface area contributed by atoms with E-state index in [4.69, 9.17) is 0 Å². The number of hydrogen-bond donors (Lipinski definition) is 0. The molecule has 1 aliphatic rings. The zero-order chi connectivity index (χ0) is 19.2. The number of carbonyl (C=O) groups is 1. The maximum Gasteiger partial charge on any atom is 0.418 e. The molecule has 0 radical (unpaired) electrons. The number of carbonyl (C=O) groups excluding carboxylic acids is 1. The van der Waals surface area contributed by atoms with E-state index in [0.717, 1.165) is 14.0 Å².